The highest BCUT2D eigenvalue weighted by Gasteiger charge is 2.05. The average Bonchev–Trinajstić information content (AvgIpc) is 2.60. The summed E-state index contributed by atoms with van der Waals surface area (Å²) in [7, 11) is 0. The van der Waals surface area contributed by atoms with E-state index in [9.17, 15) is 19.2 Å². The highest BCUT2D eigenvalue weighted by molar-refractivity contribution is 5.80. The van der Waals surface area contributed by atoms with Crippen molar-refractivity contribution < 1.29 is 23.5 Å². The van der Waals surface area contributed by atoms with Crippen LogP contribution in [0.5, 0.6) is 0 Å². The van der Waals surface area contributed by atoms with Crippen LogP contribution in [0.15, 0.2) is 0 Å². The molecule has 0 atom stereocenters. The van der Waals surface area contributed by atoms with Crippen LogP contribution in [0.4, 0.5) is 0 Å². The lowest BCUT2D eigenvalue weighted by Crippen LogP contribution is -2.29. The highest BCUT2D eigenvalue weighted by Crippen LogP contribution is 1.99. The van der Waals surface area contributed by atoms with Gasteiger partial charge in [-0.15, -0.1) is 0 Å². The average molecular weight is 362 g/mol. The van der Waals surface area contributed by atoms with Crippen LogP contribution in [0.3, 0.4) is 0 Å². The van der Waals surface area contributed by atoms with Crippen LogP contribution in [-0.2, 0) is 19.2 Å². The third kappa shape index (κ3) is 15.4. The first-order valence-electron chi connectivity index (χ1n) is 9.31. The molecule has 0 spiro atoms. The minimum Gasteiger partial charge on any atom is -0.356 e. The molecule has 7 heteroatoms. The lowest BCUT2D eigenvalue weighted by Gasteiger charge is -2.07. The van der Waals surface area contributed by atoms with Crippen molar-refractivity contribution in [1.29, 1.82) is 0 Å². The summed E-state index contributed by atoms with van der Waals surface area (Å²) in [4.78, 5) is 45.7. The zero-order valence-electron chi connectivity index (χ0n) is 15.6. The van der Waals surface area contributed by atoms with Gasteiger partial charge in [-0.1, -0.05) is 13.8 Å². The lowest BCUT2D eigenvalue weighted by atomic mass is 10.1. The van der Waals surface area contributed by atoms with E-state index in [-0.39, 0.29) is 27.8 Å². The maximum atomic E-state index is 11.6. The lowest BCUT2D eigenvalue weighted by molar-refractivity contribution is -0.123. The van der Waals surface area contributed by atoms with Crippen molar-refractivity contribution in [3.63, 3.8) is 0 Å². The first-order valence-corrected chi connectivity index (χ1v) is 9.31. The fourth-order valence-electron chi connectivity index (χ4n) is 2.11. The van der Waals surface area contributed by atoms with E-state index in [1.807, 2.05) is 13.8 Å². The molecule has 0 unspecified atom stereocenters. The molecule has 3 N–H and O–H groups in total. The summed E-state index contributed by atoms with van der Waals surface area (Å²) in [5, 5.41) is 8.30. The monoisotopic (exact) mass is 361 g/mol. The maximum Gasteiger partial charge on any atom is 0.220 e. The Hall–Kier alpha value is -1.92. The number of carbonyl (C=O) groups excluding carboxylic acids is 4. The smallest absolute Gasteiger partial charge is 0.220 e. The molecule has 0 aliphatic rings. The van der Waals surface area contributed by atoms with E-state index in [0.717, 1.165) is 6.42 Å². The second-order valence-electron chi connectivity index (χ2n) is 6.00. The van der Waals surface area contributed by atoms with Gasteiger partial charge in [0.15, 0.2) is 0 Å². The molecule has 0 aromatic rings. The number of ketones is 1. The Balaban J connectivity index is -0.000000960. The summed E-state index contributed by atoms with van der Waals surface area (Å²) in [6, 6.07) is 0. The van der Waals surface area contributed by atoms with Crippen molar-refractivity contribution >= 4 is 23.5 Å². The molecule has 0 aliphatic heterocycles. The number of amides is 3. The van der Waals surface area contributed by atoms with E-state index in [4.69, 9.17) is 0 Å². The van der Waals surface area contributed by atoms with Crippen molar-refractivity contribution in [3.05, 3.63) is 0 Å². The van der Waals surface area contributed by atoms with Crippen molar-refractivity contribution in [2.75, 3.05) is 19.6 Å². The molecule has 0 bridgehead atoms. The Kier molecular flexibility index (Phi) is 14.4. The van der Waals surface area contributed by atoms with E-state index in [0.29, 0.717) is 71.0 Å². The van der Waals surface area contributed by atoms with Gasteiger partial charge in [-0.2, -0.15) is 0 Å². The van der Waals surface area contributed by atoms with Gasteiger partial charge in [0, 0.05) is 56.0 Å². The van der Waals surface area contributed by atoms with E-state index < -0.39 is 0 Å². The third-order valence-electron chi connectivity index (χ3n) is 3.63. The molecule has 0 radical (unpaired) electrons. The Morgan fingerprint density at radius 1 is 0.640 bits per heavy atom. The zero-order valence-corrected chi connectivity index (χ0v) is 15.6. The number of nitrogens with one attached hydrogen (secondary N) is 3. The fourth-order valence-corrected chi connectivity index (χ4v) is 2.11. The van der Waals surface area contributed by atoms with Crippen molar-refractivity contribution in [1.82, 2.24) is 16.0 Å². The quantitative estimate of drug-likeness (QED) is 0.389. The summed E-state index contributed by atoms with van der Waals surface area (Å²) in [5.41, 5.74) is 0. The van der Waals surface area contributed by atoms with Gasteiger partial charge < -0.3 is 16.0 Å². The van der Waals surface area contributed by atoms with Crippen LogP contribution in [0.25, 0.3) is 0 Å². The van der Waals surface area contributed by atoms with Crippen LogP contribution < -0.4 is 16.0 Å². The SMILES string of the molecule is CCCNC(=O)CCCNC(=O)CCCNC(=O)CCCC(=O)CC.[HH].[HH].[HH]. The van der Waals surface area contributed by atoms with Gasteiger partial charge in [0.2, 0.25) is 17.7 Å². The fraction of sp³-hybridized carbons (Fsp3) is 0.778. The number of carbonyl (C=O) groups is 4. The van der Waals surface area contributed by atoms with Gasteiger partial charge in [-0.3, -0.25) is 19.2 Å². The van der Waals surface area contributed by atoms with Crippen LogP contribution in [0.1, 0.15) is 75.9 Å². The van der Waals surface area contributed by atoms with Gasteiger partial charge in [0.25, 0.3) is 0 Å². The third-order valence-corrected chi connectivity index (χ3v) is 3.63. The summed E-state index contributed by atoms with van der Waals surface area (Å²) in [5.74, 6) is 0.0333. The molecule has 0 heterocycles. The minimum atomic E-state index is -0.0811. The summed E-state index contributed by atoms with van der Waals surface area (Å²) < 4.78 is 0. The summed E-state index contributed by atoms with van der Waals surface area (Å²) in [6.45, 7) is 5.43. The van der Waals surface area contributed by atoms with E-state index in [1.54, 1.807) is 0 Å². The number of hydrogen-bond donors (Lipinski definition) is 3. The van der Waals surface area contributed by atoms with Gasteiger partial charge in [-0.25, -0.2) is 0 Å². The van der Waals surface area contributed by atoms with Gasteiger partial charge in [-0.05, 0) is 25.7 Å². The van der Waals surface area contributed by atoms with Crippen LogP contribution >= 0.6 is 0 Å². The predicted molar refractivity (Wildman–Crippen MR) is 103 cm³/mol. The van der Waals surface area contributed by atoms with Crippen LogP contribution in [-0.4, -0.2) is 43.1 Å². The largest absolute Gasteiger partial charge is 0.356 e. The second-order valence-corrected chi connectivity index (χ2v) is 6.00. The van der Waals surface area contributed by atoms with Gasteiger partial charge in [0.05, 0.1) is 0 Å². The molecule has 25 heavy (non-hydrogen) atoms. The Morgan fingerprint density at radius 3 is 1.52 bits per heavy atom. The molecule has 150 valence electrons. The zero-order chi connectivity index (χ0) is 18.9. The number of rotatable bonds is 15. The van der Waals surface area contributed by atoms with Crippen LogP contribution in [0.2, 0.25) is 0 Å². The standard InChI is InChI=1S/C18H33N3O4.3H2/c1-3-12-19-17(24)10-6-14-21-18(25)11-7-13-20-16(23)9-5-8-15(22)4-2;;;/h3-14H2,1-2H3,(H,19,24)(H,20,23)(H,21,25);3*1H. The van der Waals surface area contributed by atoms with Crippen molar-refractivity contribution in [3.8, 4) is 0 Å². The number of Topliss-reactive ketones (excluding diaryl/α,β-unsaturated/α-hetero) is 1. The van der Waals surface area contributed by atoms with Crippen LogP contribution in [0, 0.1) is 0 Å². The molecular formula is C18H39N3O4. The molecule has 0 saturated heterocycles. The molecule has 0 aliphatic carbocycles. The molecular weight excluding hydrogens is 322 g/mol. The number of hydrogen-bond acceptors (Lipinski definition) is 4. The second kappa shape index (κ2) is 15.6. The Bertz CT molecular complexity index is 438. The first kappa shape index (κ1) is 23.1. The molecule has 0 saturated carbocycles. The molecule has 0 aromatic carbocycles. The van der Waals surface area contributed by atoms with Gasteiger partial charge >= 0.3 is 0 Å². The van der Waals surface area contributed by atoms with E-state index >= 15 is 0 Å². The van der Waals surface area contributed by atoms with E-state index in [2.05, 4.69) is 16.0 Å². The molecule has 0 fully saturated rings. The highest BCUT2D eigenvalue weighted by atomic mass is 16.2. The maximum absolute atomic E-state index is 11.6. The normalized spacial score (nSPS) is 10.2. The summed E-state index contributed by atoms with van der Waals surface area (Å²) in [6.07, 6.45) is 4.74. The molecule has 0 aromatic heterocycles. The van der Waals surface area contributed by atoms with Crippen molar-refractivity contribution in [2.24, 2.45) is 0 Å². The predicted octanol–water partition coefficient (Wildman–Crippen LogP) is 2.19. The Morgan fingerprint density at radius 2 is 1.08 bits per heavy atom. The molecule has 0 rings (SSSR count). The molecule has 3 amide bonds. The van der Waals surface area contributed by atoms with E-state index in [1.165, 1.54) is 0 Å². The van der Waals surface area contributed by atoms with Gasteiger partial charge in [0.1, 0.15) is 5.78 Å². The molecule has 7 nitrogen and oxygen atoms in total. The van der Waals surface area contributed by atoms with Crippen molar-refractivity contribution in [2.45, 2.75) is 71.6 Å². The summed E-state index contributed by atoms with van der Waals surface area (Å²) >= 11 is 0. The topological polar surface area (TPSA) is 104 Å². The minimum absolute atomic E-state index is 0. The Labute approximate surface area is 155 Å². The first-order chi connectivity index (χ1) is 12.0.